The van der Waals surface area contributed by atoms with Gasteiger partial charge in [-0.2, -0.15) is 0 Å². The van der Waals surface area contributed by atoms with Gasteiger partial charge in [0.1, 0.15) is 4.83 Å². The van der Waals surface area contributed by atoms with Crippen molar-refractivity contribution >= 4 is 49.1 Å². The number of nitrogens with one attached hydrogen (secondary N) is 1. The molecule has 0 radical (unpaired) electrons. The maximum atomic E-state index is 13.1. The van der Waals surface area contributed by atoms with Gasteiger partial charge < -0.3 is 10.1 Å². The van der Waals surface area contributed by atoms with Crippen LogP contribution in [0.2, 0.25) is 0 Å². The average Bonchev–Trinajstić information content (AvgIpc) is 3.26. The van der Waals surface area contributed by atoms with Crippen LogP contribution in [0.5, 0.6) is 0 Å². The van der Waals surface area contributed by atoms with Crippen molar-refractivity contribution in [2.45, 2.75) is 32.4 Å². The Kier molecular flexibility index (Phi) is 5.12. The van der Waals surface area contributed by atoms with E-state index in [1.54, 1.807) is 17.0 Å². The van der Waals surface area contributed by atoms with E-state index in [4.69, 9.17) is 4.74 Å². The molecule has 1 amide bonds. The van der Waals surface area contributed by atoms with Crippen molar-refractivity contribution in [3.8, 4) is 0 Å². The third kappa shape index (κ3) is 3.56. The molecule has 1 aromatic carbocycles. The first-order valence-corrected chi connectivity index (χ1v) is 10.3. The molecule has 1 aliphatic rings. The fourth-order valence-corrected chi connectivity index (χ4v) is 4.66. The zero-order valence-electron chi connectivity index (χ0n) is 14.7. The number of carbonyl (C=O) groups excluding carboxylic acids is 1. The van der Waals surface area contributed by atoms with E-state index < -0.39 is 0 Å². The van der Waals surface area contributed by atoms with Crippen molar-refractivity contribution in [3.63, 3.8) is 0 Å². The first kappa shape index (κ1) is 18.3. The Balaban J connectivity index is 1.73. The molecule has 3 aromatic rings. The molecule has 27 heavy (non-hydrogen) atoms. The Morgan fingerprint density at radius 1 is 1.44 bits per heavy atom. The topological polar surface area (TPSA) is 73.2 Å². The Morgan fingerprint density at radius 3 is 3.00 bits per heavy atom. The molecule has 6 nitrogen and oxygen atoms in total. The van der Waals surface area contributed by atoms with Crippen LogP contribution in [0, 0.1) is 6.92 Å². The molecule has 8 heteroatoms. The van der Waals surface area contributed by atoms with E-state index in [9.17, 15) is 9.59 Å². The molecular weight excluding hydrogens is 430 g/mol. The molecule has 0 aliphatic carbocycles. The number of amides is 1. The fourth-order valence-electron chi connectivity index (χ4n) is 3.30. The van der Waals surface area contributed by atoms with E-state index in [-0.39, 0.29) is 17.6 Å². The van der Waals surface area contributed by atoms with Crippen LogP contribution >= 0.6 is 27.3 Å². The highest BCUT2D eigenvalue weighted by molar-refractivity contribution is 9.10. The molecular formula is C19H18BrN3O3S. The average molecular weight is 448 g/mol. The van der Waals surface area contributed by atoms with Gasteiger partial charge in [-0.25, -0.2) is 4.98 Å². The number of thiophene rings is 1. The summed E-state index contributed by atoms with van der Waals surface area (Å²) < 4.78 is 7.97. The second-order valence-electron chi connectivity index (χ2n) is 6.48. The number of aromatic nitrogens is 2. The summed E-state index contributed by atoms with van der Waals surface area (Å²) in [6.45, 7) is 3.03. The Hall–Kier alpha value is -2.03. The van der Waals surface area contributed by atoms with E-state index in [0.29, 0.717) is 28.0 Å². The van der Waals surface area contributed by atoms with Crippen LogP contribution in [0.1, 0.15) is 28.1 Å². The summed E-state index contributed by atoms with van der Waals surface area (Å²) in [5.74, 6) is -0.306. The summed E-state index contributed by atoms with van der Waals surface area (Å²) in [6.07, 6.45) is 3.52. The first-order chi connectivity index (χ1) is 13.0. The van der Waals surface area contributed by atoms with Crippen LogP contribution in [0.25, 0.3) is 10.2 Å². The predicted octanol–water partition coefficient (Wildman–Crippen LogP) is 3.96. The van der Waals surface area contributed by atoms with E-state index in [1.165, 1.54) is 11.3 Å². The second-order valence-corrected chi connectivity index (χ2v) is 8.54. The first-order valence-electron chi connectivity index (χ1n) is 8.70. The summed E-state index contributed by atoms with van der Waals surface area (Å²) in [7, 11) is 0. The van der Waals surface area contributed by atoms with Crippen LogP contribution in [0.15, 0.2) is 39.9 Å². The van der Waals surface area contributed by atoms with Crippen LogP contribution in [-0.4, -0.2) is 28.2 Å². The summed E-state index contributed by atoms with van der Waals surface area (Å²) >= 11 is 4.79. The molecule has 0 saturated carbocycles. The highest BCUT2D eigenvalue weighted by atomic mass is 79.9. The number of rotatable bonds is 4. The number of fused-ring (bicyclic) bond motifs is 1. The van der Waals surface area contributed by atoms with Gasteiger partial charge in [-0.15, -0.1) is 11.3 Å². The molecule has 3 heterocycles. The van der Waals surface area contributed by atoms with E-state index >= 15 is 0 Å². The fraction of sp³-hybridized carbons (Fsp3) is 0.316. The van der Waals surface area contributed by atoms with Crippen LogP contribution in [0.3, 0.4) is 0 Å². The van der Waals surface area contributed by atoms with Gasteiger partial charge in [0.15, 0.2) is 0 Å². The number of nitrogens with zero attached hydrogens (tertiary/aromatic N) is 2. The maximum absolute atomic E-state index is 13.1. The summed E-state index contributed by atoms with van der Waals surface area (Å²) in [5, 5.41) is 3.26. The molecule has 1 unspecified atom stereocenters. The van der Waals surface area contributed by atoms with Gasteiger partial charge >= 0.3 is 0 Å². The minimum absolute atomic E-state index is 0.0271. The number of aryl methyl sites for hydroxylation is 1. The lowest BCUT2D eigenvalue weighted by molar-refractivity contribution is 0.0960. The van der Waals surface area contributed by atoms with Gasteiger partial charge in [-0.1, -0.05) is 12.1 Å². The molecule has 140 valence electrons. The van der Waals surface area contributed by atoms with E-state index in [1.807, 2.05) is 25.1 Å². The van der Waals surface area contributed by atoms with Crippen molar-refractivity contribution in [1.29, 1.82) is 0 Å². The Labute approximate surface area is 168 Å². The van der Waals surface area contributed by atoms with Crippen molar-refractivity contribution < 1.29 is 9.53 Å². The monoisotopic (exact) mass is 447 g/mol. The minimum Gasteiger partial charge on any atom is -0.376 e. The van der Waals surface area contributed by atoms with Crippen molar-refractivity contribution in [2.24, 2.45) is 0 Å². The zero-order valence-corrected chi connectivity index (χ0v) is 17.1. The van der Waals surface area contributed by atoms with Gasteiger partial charge in [0, 0.05) is 16.0 Å². The predicted molar refractivity (Wildman–Crippen MR) is 110 cm³/mol. The summed E-state index contributed by atoms with van der Waals surface area (Å²) in [6, 6.07) is 7.37. The third-order valence-electron chi connectivity index (χ3n) is 4.63. The van der Waals surface area contributed by atoms with Crippen LogP contribution < -0.4 is 10.9 Å². The van der Waals surface area contributed by atoms with Crippen molar-refractivity contribution in [1.82, 2.24) is 9.55 Å². The summed E-state index contributed by atoms with van der Waals surface area (Å²) in [4.78, 5) is 31.8. The highest BCUT2D eigenvalue weighted by Gasteiger charge is 2.23. The Bertz CT molecular complexity index is 1070. The number of halogens is 1. The van der Waals surface area contributed by atoms with Gasteiger partial charge in [0.25, 0.3) is 11.5 Å². The molecule has 1 N–H and O–H groups in total. The number of hydrogen-bond donors (Lipinski definition) is 1. The van der Waals surface area contributed by atoms with E-state index in [0.717, 1.165) is 28.8 Å². The quantitative estimate of drug-likeness (QED) is 0.656. The van der Waals surface area contributed by atoms with Gasteiger partial charge in [0.05, 0.1) is 35.6 Å². The van der Waals surface area contributed by atoms with Crippen LogP contribution in [-0.2, 0) is 11.3 Å². The third-order valence-corrected chi connectivity index (χ3v) is 6.33. The van der Waals surface area contributed by atoms with Crippen LogP contribution in [0.4, 0.5) is 5.69 Å². The van der Waals surface area contributed by atoms with Crippen molar-refractivity contribution in [3.05, 3.63) is 55.9 Å². The standard InChI is InChI=1S/C19H18BrN3O3S/c1-11-15(17(24)22-14-7-3-2-6-13(14)20)16-18(27-11)21-10-23(19(16)25)9-12-5-4-8-26-12/h2-3,6-7,10,12H,4-5,8-9H2,1H3,(H,22,24). The van der Waals surface area contributed by atoms with Gasteiger partial charge in [-0.3, -0.25) is 14.2 Å². The SMILES string of the molecule is Cc1sc2ncn(CC3CCCO3)c(=O)c2c1C(=O)Nc1ccccc1Br. The van der Waals surface area contributed by atoms with Gasteiger partial charge in [0.2, 0.25) is 0 Å². The summed E-state index contributed by atoms with van der Waals surface area (Å²) in [5.41, 5.74) is 0.854. The number of anilines is 1. The lowest BCUT2D eigenvalue weighted by Gasteiger charge is -2.11. The normalized spacial score (nSPS) is 16.7. The molecule has 1 fully saturated rings. The molecule has 1 saturated heterocycles. The smallest absolute Gasteiger partial charge is 0.262 e. The number of benzene rings is 1. The molecule has 2 aromatic heterocycles. The number of para-hydroxylation sites is 1. The lowest BCUT2D eigenvalue weighted by atomic mass is 10.1. The number of ether oxygens (including phenoxy) is 1. The van der Waals surface area contributed by atoms with Gasteiger partial charge in [-0.05, 0) is 47.8 Å². The maximum Gasteiger partial charge on any atom is 0.262 e. The highest BCUT2D eigenvalue weighted by Crippen LogP contribution is 2.29. The van der Waals surface area contributed by atoms with E-state index in [2.05, 4.69) is 26.2 Å². The molecule has 0 bridgehead atoms. The molecule has 0 spiro atoms. The Morgan fingerprint density at radius 2 is 2.26 bits per heavy atom. The van der Waals surface area contributed by atoms with Crippen molar-refractivity contribution in [2.75, 3.05) is 11.9 Å². The second kappa shape index (κ2) is 7.53. The largest absolute Gasteiger partial charge is 0.376 e. The molecule has 4 rings (SSSR count). The number of hydrogen-bond acceptors (Lipinski definition) is 5. The molecule has 1 aliphatic heterocycles. The minimum atomic E-state index is -0.306. The zero-order chi connectivity index (χ0) is 19.0. The lowest BCUT2D eigenvalue weighted by Crippen LogP contribution is -2.27. The molecule has 1 atom stereocenters. The number of carbonyl (C=O) groups is 1.